The number of thiazole rings is 1. The molecule has 29 heavy (non-hydrogen) atoms. The molecular weight excluding hydrogens is 386 g/mol. The number of ether oxygens (including phenoxy) is 1. The van der Waals surface area contributed by atoms with Crippen LogP contribution in [0.5, 0.6) is 5.75 Å². The van der Waals surface area contributed by atoms with Crippen molar-refractivity contribution in [1.29, 1.82) is 0 Å². The second-order valence-electron chi connectivity index (χ2n) is 7.41. The Labute approximate surface area is 172 Å². The fraction of sp³-hybridized carbons (Fsp3) is 0.318. The van der Waals surface area contributed by atoms with Crippen molar-refractivity contribution in [2.75, 3.05) is 24.5 Å². The molecule has 148 valence electrons. The van der Waals surface area contributed by atoms with Crippen LogP contribution >= 0.6 is 11.3 Å². The Kier molecular flexibility index (Phi) is 4.67. The maximum Gasteiger partial charge on any atom is 0.265 e. The fourth-order valence-electron chi connectivity index (χ4n) is 4.02. The van der Waals surface area contributed by atoms with Gasteiger partial charge in [-0.15, -0.1) is 11.3 Å². The second kappa shape index (κ2) is 7.48. The Bertz CT molecular complexity index is 1070. The van der Waals surface area contributed by atoms with Gasteiger partial charge in [-0.25, -0.2) is 4.98 Å². The molecule has 3 aromatic rings. The lowest BCUT2D eigenvalue weighted by molar-refractivity contribution is -0.139. The zero-order valence-electron chi connectivity index (χ0n) is 15.9. The molecule has 3 heterocycles. The molecule has 0 aliphatic carbocycles. The summed E-state index contributed by atoms with van der Waals surface area (Å²) in [5.74, 6) is 0.406. The van der Waals surface area contributed by atoms with E-state index in [1.54, 1.807) is 16.5 Å². The molecular formula is C22H21N3O3S. The molecule has 0 N–H and O–H groups in total. The van der Waals surface area contributed by atoms with E-state index in [9.17, 15) is 9.59 Å². The number of amides is 2. The first-order valence-corrected chi connectivity index (χ1v) is 10.8. The highest BCUT2D eigenvalue weighted by Crippen LogP contribution is 2.35. The molecule has 6 nitrogen and oxygen atoms in total. The van der Waals surface area contributed by atoms with Gasteiger partial charge in [0.25, 0.3) is 11.8 Å². The molecule has 0 saturated carbocycles. The molecule has 2 aromatic carbocycles. The van der Waals surface area contributed by atoms with Gasteiger partial charge in [0.05, 0.1) is 28.0 Å². The number of hydrogen-bond donors (Lipinski definition) is 0. The number of benzene rings is 2. The largest absolute Gasteiger partial charge is 0.476 e. The molecule has 0 spiro atoms. The van der Waals surface area contributed by atoms with Crippen LogP contribution in [0.1, 0.15) is 29.6 Å². The van der Waals surface area contributed by atoms with E-state index in [4.69, 9.17) is 4.74 Å². The standard InChI is InChI=1S/C22H21N3O3S/c26-21(15-8-9-16-20(12-15)29-14-23-16)25-13-19(22(27)24-10-4-1-5-11-24)28-18-7-3-2-6-17(18)25/h2-3,6-9,12,14,19H,1,4-5,10-11,13H2. The minimum Gasteiger partial charge on any atom is -0.476 e. The number of anilines is 1. The summed E-state index contributed by atoms with van der Waals surface area (Å²) in [6, 6.07) is 12.9. The molecule has 2 aliphatic heterocycles. The lowest BCUT2D eigenvalue weighted by Crippen LogP contribution is -2.52. The normalized spacial score (nSPS) is 19.0. The Balaban J connectivity index is 1.47. The number of likely N-dealkylation sites (tertiary alicyclic amines) is 1. The predicted molar refractivity (Wildman–Crippen MR) is 113 cm³/mol. The van der Waals surface area contributed by atoms with Crippen LogP contribution in [0.2, 0.25) is 0 Å². The number of nitrogens with zero attached hydrogens (tertiary/aromatic N) is 3. The average Bonchev–Trinajstić information content (AvgIpc) is 3.26. The second-order valence-corrected chi connectivity index (χ2v) is 8.30. The predicted octanol–water partition coefficient (Wildman–Crippen LogP) is 3.72. The van der Waals surface area contributed by atoms with Crippen molar-refractivity contribution in [3.8, 4) is 5.75 Å². The van der Waals surface area contributed by atoms with Crippen molar-refractivity contribution >= 4 is 39.1 Å². The van der Waals surface area contributed by atoms with Gasteiger partial charge in [0, 0.05) is 18.7 Å². The Hall–Kier alpha value is -2.93. The number of para-hydroxylation sites is 2. The highest BCUT2D eigenvalue weighted by atomic mass is 32.1. The summed E-state index contributed by atoms with van der Waals surface area (Å²) in [5.41, 5.74) is 3.94. The van der Waals surface area contributed by atoms with Crippen LogP contribution in [0.15, 0.2) is 48.0 Å². The maximum atomic E-state index is 13.4. The monoisotopic (exact) mass is 407 g/mol. The highest BCUT2D eigenvalue weighted by Gasteiger charge is 2.36. The Morgan fingerprint density at radius 3 is 2.76 bits per heavy atom. The fourth-order valence-corrected chi connectivity index (χ4v) is 4.73. The van der Waals surface area contributed by atoms with Gasteiger partial charge < -0.3 is 14.5 Å². The lowest BCUT2D eigenvalue weighted by Gasteiger charge is -2.37. The summed E-state index contributed by atoms with van der Waals surface area (Å²) in [7, 11) is 0. The van der Waals surface area contributed by atoms with Gasteiger partial charge in [-0.3, -0.25) is 9.59 Å². The van der Waals surface area contributed by atoms with Crippen LogP contribution in [0.3, 0.4) is 0 Å². The minimum atomic E-state index is -0.681. The Morgan fingerprint density at radius 1 is 1.07 bits per heavy atom. The van der Waals surface area contributed by atoms with E-state index < -0.39 is 6.10 Å². The third kappa shape index (κ3) is 3.35. The molecule has 1 fully saturated rings. The third-order valence-corrected chi connectivity index (χ3v) is 6.33. The van der Waals surface area contributed by atoms with Crippen molar-refractivity contribution in [2.24, 2.45) is 0 Å². The first-order chi connectivity index (χ1) is 14.2. The van der Waals surface area contributed by atoms with E-state index in [0.717, 1.165) is 42.6 Å². The number of carbonyl (C=O) groups excluding carboxylic acids is 2. The van der Waals surface area contributed by atoms with Gasteiger partial charge in [-0.1, -0.05) is 12.1 Å². The van der Waals surface area contributed by atoms with E-state index in [0.29, 0.717) is 17.0 Å². The summed E-state index contributed by atoms with van der Waals surface area (Å²) in [6.07, 6.45) is 2.51. The highest BCUT2D eigenvalue weighted by molar-refractivity contribution is 7.16. The van der Waals surface area contributed by atoms with Crippen molar-refractivity contribution in [3.05, 3.63) is 53.5 Å². The summed E-state index contributed by atoms with van der Waals surface area (Å²) < 4.78 is 7.00. The summed E-state index contributed by atoms with van der Waals surface area (Å²) in [6.45, 7) is 1.73. The lowest BCUT2D eigenvalue weighted by atomic mass is 10.1. The smallest absolute Gasteiger partial charge is 0.265 e. The van der Waals surface area contributed by atoms with E-state index in [2.05, 4.69) is 4.98 Å². The van der Waals surface area contributed by atoms with Crippen LogP contribution in [0.25, 0.3) is 10.2 Å². The third-order valence-electron chi connectivity index (χ3n) is 5.54. The number of rotatable bonds is 2. The van der Waals surface area contributed by atoms with Gasteiger partial charge in [-0.05, 0) is 49.6 Å². The average molecular weight is 407 g/mol. The minimum absolute atomic E-state index is 0.0325. The van der Waals surface area contributed by atoms with Crippen molar-refractivity contribution in [1.82, 2.24) is 9.88 Å². The van der Waals surface area contributed by atoms with Crippen LogP contribution in [-0.4, -0.2) is 47.4 Å². The first-order valence-electron chi connectivity index (χ1n) is 9.90. The van der Waals surface area contributed by atoms with Crippen molar-refractivity contribution in [2.45, 2.75) is 25.4 Å². The number of aromatic nitrogens is 1. The van der Waals surface area contributed by atoms with Gasteiger partial charge >= 0.3 is 0 Å². The van der Waals surface area contributed by atoms with Crippen molar-refractivity contribution in [3.63, 3.8) is 0 Å². The number of hydrogen-bond acceptors (Lipinski definition) is 5. The van der Waals surface area contributed by atoms with Gasteiger partial charge in [0.2, 0.25) is 0 Å². The molecule has 1 saturated heterocycles. The van der Waals surface area contributed by atoms with Crippen LogP contribution in [0, 0.1) is 0 Å². The number of fused-ring (bicyclic) bond motifs is 2. The number of carbonyl (C=O) groups is 2. The summed E-state index contributed by atoms with van der Waals surface area (Å²) >= 11 is 1.51. The van der Waals surface area contributed by atoms with E-state index >= 15 is 0 Å². The Morgan fingerprint density at radius 2 is 1.90 bits per heavy atom. The van der Waals surface area contributed by atoms with Gasteiger partial charge in [0.1, 0.15) is 5.75 Å². The quantitative estimate of drug-likeness (QED) is 0.650. The molecule has 1 aromatic heterocycles. The number of piperidine rings is 1. The zero-order valence-corrected chi connectivity index (χ0v) is 16.7. The SMILES string of the molecule is O=C(C1CN(C(=O)c2ccc3ncsc3c2)c2ccccc2O1)N1CCCCC1. The molecule has 5 rings (SSSR count). The molecule has 2 aliphatic rings. The molecule has 0 bridgehead atoms. The molecule has 1 unspecified atom stereocenters. The summed E-state index contributed by atoms with van der Waals surface area (Å²) in [4.78, 5) is 34.3. The first kappa shape index (κ1) is 18.1. The molecule has 1 atom stereocenters. The molecule has 7 heteroatoms. The zero-order chi connectivity index (χ0) is 19.8. The van der Waals surface area contributed by atoms with Crippen molar-refractivity contribution < 1.29 is 14.3 Å². The van der Waals surface area contributed by atoms with Crippen LogP contribution in [-0.2, 0) is 4.79 Å². The topological polar surface area (TPSA) is 62.7 Å². The van der Waals surface area contributed by atoms with E-state index in [-0.39, 0.29) is 18.4 Å². The van der Waals surface area contributed by atoms with Gasteiger partial charge in [0.15, 0.2) is 6.10 Å². The van der Waals surface area contributed by atoms with E-state index in [1.807, 2.05) is 41.3 Å². The van der Waals surface area contributed by atoms with Crippen LogP contribution in [0.4, 0.5) is 5.69 Å². The molecule has 2 amide bonds. The van der Waals surface area contributed by atoms with Gasteiger partial charge in [-0.2, -0.15) is 0 Å². The van der Waals surface area contributed by atoms with Crippen LogP contribution < -0.4 is 9.64 Å². The van der Waals surface area contributed by atoms with E-state index in [1.165, 1.54) is 11.3 Å². The molecule has 0 radical (unpaired) electrons. The summed E-state index contributed by atoms with van der Waals surface area (Å²) in [5, 5.41) is 0. The maximum absolute atomic E-state index is 13.4.